The molecule has 0 aliphatic rings. The van der Waals surface area contributed by atoms with Gasteiger partial charge < -0.3 is 9.84 Å². The number of nitriles is 1. The Kier molecular flexibility index (Phi) is 4.01. The van der Waals surface area contributed by atoms with Crippen LogP contribution in [0.15, 0.2) is 6.07 Å². The van der Waals surface area contributed by atoms with Crippen LogP contribution in [0.3, 0.4) is 0 Å². The van der Waals surface area contributed by atoms with Crippen molar-refractivity contribution in [1.82, 2.24) is 9.97 Å². The van der Waals surface area contributed by atoms with Gasteiger partial charge in [0.2, 0.25) is 5.88 Å². The fourth-order valence-electron chi connectivity index (χ4n) is 1.12. The van der Waals surface area contributed by atoms with Crippen LogP contribution in [0.25, 0.3) is 0 Å². The van der Waals surface area contributed by atoms with Crippen LogP contribution in [0.2, 0.25) is 0 Å². The summed E-state index contributed by atoms with van der Waals surface area (Å²) in [6.45, 7) is 3.86. The second-order valence-electron chi connectivity index (χ2n) is 3.00. The van der Waals surface area contributed by atoms with Crippen LogP contribution in [0.4, 0.5) is 0 Å². The highest BCUT2D eigenvalue weighted by Crippen LogP contribution is 2.15. The number of hydrogen-bond acceptors (Lipinski definition) is 5. The van der Waals surface area contributed by atoms with Crippen molar-refractivity contribution < 1.29 is 9.84 Å². The van der Waals surface area contributed by atoms with Crippen molar-refractivity contribution in [1.29, 1.82) is 5.26 Å². The molecule has 0 bridgehead atoms. The molecule has 5 nitrogen and oxygen atoms in total. The first-order valence-electron chi connectivity index (χ1n) is 4.70. The van der Waals surface area contributed by atoms with E-state index < -0.39 is 5.92 Å². The Bertz CT molecular complexity index is 373. The molecule has 0 fully saturated rings. The van der Waals surface area contributed by atoms with Gasteiger partial charge in [-0.25, -0.2) is 4.98 Å². The van der Waals surface area contributed by atoms with E-state index in [1.54, 1.807) is 13.0 Å². The highest BCUT2D eigenvalue weighted by Gasteiger charge is 2.14. The second kappa shape index (κ2) is 5.27. The van der Waals surface area contributed by atoms with Gasteiger partial charge in [0.05, 0.1) is 19.3 Å². The minimum Gasteiger partial charge on any atom is -0.478 e. The minimum atomic E-state index is -0.691. The summed E-state index contributed by atoms with van der Waals surface area (Å²) >= 11 is 0. The molecule has 0 saturated carbocycles. The van der Waals surface area contributed by atoms with E-state index in [2.05, 4.69) is 9.97 Å². The van der Waals surface area contributed by atoms with Crippen molar-refractivity contribution in [3.63, 3.8) is 0 Å². The Morgan fingerprint density at radius 1 is 1.60 bits per heavy atom. The van der Waals surface area contributed by atoms with Crippen LogP contribution in [-0.2, 0) is 0 Å². The maximum Gasteiger partial charge on any atom is 0.216 e. The summed E-state index contributed by atoms with van der Waals surface area (Å²) < 4.78 is 5.22. The molecular formula is C10H13N3O2. The zero-order valence-corrected chi connectivity index (χ0v) is 8.77. The summed E-state index contributed by atoms with van der Waals surface area (Å²) in [4.78, 5) is 8.13. The third-order valence-corrected chi connectivity index (χ3v) is 1.79. The molecule has 0 aliphatic carbocycles. The standard InChI is InChI=1S/C10H13N3O2/c1-3-15-9-4-7(2)12-10(13-9)8(5-11)6-14/h4,8,14H,3,6H2,1-2H3. The molecule has 1 aromatic rings. The van der Waals surface area contributed by atoms with Crippen LogP contribution in [0.1, 0.15) is 24.4 Å². The predicted molar refractivity (Wildman–Crippen MR) is 53.4 cm³/mol. The molecular weight excluding hydrogens is 194 g/mol. The quantitative estimate of drug-likeness (QED) is 0.789. The zero-order chi connectivity index (χ0) is 11.3. The zero-order valence-electron chi connectivity index (χ0n) is 8.77. The monoisotopic (exact) mass is 207 g/mol. The Balaban J connectivity index is 3.03. The maximum atomic E-state index is 8.95. The molecule has 0 radical (unpaired) electrons. The lowest BCUT2D eigenvalue weighted by atomic mass is 10.2. The van der Waals surface area contributed by atoms with E-state index in [9.17, 15) is 0 Å². The molecule has 1 unspecified atom stereocenters. The van der Waals surface area contributed by atoms with Crippen molar-refractivity contribution in [2.75, 3.05) is 13.2 Å². The molecule has 0 saturated heterocycles. The van der Waals surface area contributed by atoms with E-state index in [0.29, 0.717) is 18.3 Å². The Morgan fingerprint density at radius 2 is 2.33 bits per heavy atom. The molecule has 5 heteroatoms. The fraction of sp³-hybridized carbons (Fsp3) is 0.500. The van der Waals surface area contributed by atoms with E-state index >= 15 is 0 Å². The normalized spacial score (nSPS) is 11.9. The van der Waals surface area contributed by atoms with Crippen LogP contribution < -0.4 is 4.74 Å². The second-order valence-corrected chi connectivity index (χ2v) is 3.00. The van der Waals surface area contributed by atoms with Crippen molar-refractivity contribution in [2.24, 2.45) is 0 Å². The number of aliphatic hydroxyl groups excluding tert-OH is 1. The molecule has 1 N–H and O–H groups in total. The van der Waals surface area contributed by atoms with E-state index in [0.717, 1.165) is 5.69 Å². The number of nitrogens with zero attached hydrogens (tertiary/aromatic N) is 3. The SMILES string of the molecule is CCOc1cc(C)nc(C(C#N)CO)n1. The summed E-state index contributed by atoms with van der Waals surface area (Å²) in [6.07, 6.45) is 0. The van der Waals surface area contributed by atoms with Gasteiger partial charge in [0.15, 0.2) is 5.82 Å². The van der Waals surface area contributed by atoms with Crippen LogP contribution in [0, 0.1) is 18.3 Å². The van der Waals surface area contributed by atoms with Gasteiger partial charge in [0, 0.05) is 11.8 Å². The first kappa shape index (κ1) is 11.4. The molecule has 0 amide bonds. The molecule has 0 aliphatic heterocycles. The van der Waals surface area contributed by atoms with Crippen molar-refractivity contribution in [3.05, 3.63) is 17.6 Å². The highest BCUT2D eigenvalue weighted by molar-refractivity contribution is 5.19. The van der Waals surface area contributed by atoms with Crippen molar-refractivity contribution in [2.45, 2.75) is 19.8 Å². The summed E-state index contributed by atoms with van der Waals surface area (Å²) in [7, 11) is 0. The smallest absolute Gasteiger partial charge is 0.216 e. The average molecular weight is 207 g/mol. The van der Waals surface area contributed by atoms with Gasteiger partial charge in [-0.2, -0.15) is 10.2 Å². The lowest BCUT2D eigenvalue weighted by Crippen LogP contribution is -2.09. The summed E-state index contributed by atoms with van der Waals surface area (Å²) in [5.74, 6) is 0.0567. The molecule has 1 rings (SSSR count). The van der Waals surface area contributed by atoms with E-state index in [4.69, 9.17) is 15.1 Å². The highest BCUT2D eigenvalue weighted by atomic mass is 16.5. The summed E-state index contributed by atoms with van der Waals surface area (Å²) in [5, 5.41) is 17.7. The average Bonchev–Trinajstić information content (AvgIpc) is 2.19. The topological polar surface area (TPSA) is 79.0 Å². The third kappa shape index (κ3) is 2.89. The lowest BCUT2D eigenvalue weighted by Gasteiger charge is -2.08. The first-order valence-corrected chi connectivity index (χ1v) is 4.70. The third-order valence-electron chi connectivity index (χ3n) is 1.79. The van der Waals surface area contributed by atoms with Gasteiger partial charge in [-0.3, -0.25) is 0 Å². The van der Waals surface area contributed by atoms with E-state index in [1.807, 2.05) is 13.0 Å². The van der Waals surface area contributed by atoms with Gasteiger partial charge in [0.25, 0.3) is 0 Å². The molecule has 1 atom stereocenters. The molecule has 0 aromatic carbocycles. The summed E-state index contributed by atoms with van der Waals surface area (Å²) in [5.41, 5.74) is 0.720. The Labute approximate surface area is 88.4 Å². The predicted octanol–water partition coefficient (Wildman–Crippen LogP) is 0.783. The molecule has 80 valence electrons. The van der Waals surface area contributed by atoms with Gasteiger partial charge in [-0.05, 0) is 13.8 Å². The lowest BCUT2D eigenvalue weighted by molar-refractivity contribution is 0.279. The van der Waals surface area contributed by atoms with Gasteiger partial charge in [0.1, 0.15) is 5.92 Å². The number of ether oxygens (including phenoxy) is 1. The molecule has 1 aromatic heterocycles. The largest absolute Gasteiger partial charge is 0.478 e. The molecule has 0 spiro atoms. The van der Waals surface area contributed by atoms with E-state index in [1.165, 1.54) is 0 Å². The number of aliphatic hydroxyl groups is 1. The van der Waals surface area contributed by atoms with Crippen LogP contribution in [0.5, 0.6) is 5.88 Å². The van der Waals surface area contributed by atoms with Crippen LogP contribution >= 0.6 is 0 Å². The number of aryl methyl sites for hydroxylation is 1. The molecule has 15 heavy (non-hydrogen) atoms. The summed E-state index contributed by atoms with van der Waals surface area (Å²) in [6, 6.07) is 3.63. The van der Waals surface area contributed by atoms with E-state index in [-0.39, 0.29) is 6.61 Å². The molecule has 1 heterocycles. The van der Waals surface area contributed by atoms with Crippen molar-refractivity contribution >= 4 is 0 Å². The van der Waals surface area contributed by atoms with Gasteiger partial charge >= 0.3 is 0 Å². The number of aromatic nitrogens is 2. The van der Waals surface area contributed by atoms with Crippen molar-refractivity contribution in [3.8, 4) is 11.9 Å². The van der Waals surface area contributed by atoms with Gasteiger partial charge in [-0.1, -0.05) is 0 Å². The van der Waals surface area contributed by atoms with Gasteiger partial charge in [-0.15, -0.1) is 0 Å². The Morgan fingerprint density at radius 3 is 2.87 bits per heavy atom. The Hall–Kier alpha value is -1.67. The maximum absolute atomic E-state index is 8.95. The first-order chi connectivity index (χ1) is 7.21. The van der Waals surface area contributed by atoms with Crippen LogP contribution in [-0.4, -0.2) is 28.3 Å². The minimum absolute atomic E-state index is 0.286. The number of hydrogen-bond donors (Lipinski definition) is 1. The number of rotatable bonds is 4. The fourth-order valence-corrected chi connectivity index (χ4v) is 1.12.